The Balaban J connectivity index is 2.72. The Morgan fingerprint density at radius 1 is 1.40 bits per heavy atom. The van der Waals surface area contributed by atoms with Crippen molar-refractivity contribution in [3.8, 4) is 0 Å². The van der Waals surface area contributed by atoms with Crippen molar-refractivity contribution in [3.05, 3.63) is 36.5 Å². The summed E-state index contributed by atoms with van der Waals surface area (Å²) in [5.41, 5.74) is 7.74. The van der Waals surface area contributed by atoms with Crippen LogP contribution in [0.5, 0.6) is 0 Å². The van der Waals surface area contributed by atoms with Crippen molar-refractivity contribution in [3.63, 3.8) is 0 Å². The Kier molecular flexibility index (Phi) is 9.09. The second-order valence-electron chi connectivity index (χ2n) is 5.69. The molecule has 1 rings (SSSR count). The van der Waals surface area contributed by atoms with Crippen LogP contribution in [-0.2, 0) is 0 Å². The zero-order valence-electron chi connectivity index (χ0n) is 12.9. The molecule has 114 valence electrons. The molecule has 1 unspecified atom stereocenters. The quantitative estimate of drug-likeness (QED) is 0.587. The first-order valence-corrected chi connectivity index (χ1v) is 8.45. The van der Waals surface area contributed by atoms with E-state index in [0.29, 0.717) is 6.04 Å². The lowest BCUT2D eigenvalue weighted by Gasteiger charge is -2.34. The Morgan fingerprint density at radius 2 is 2.20 bits per heavy atom. The highest BCUT2D eigenvalue weighted by atomic mass is 31.0. The molecule has 0 aliphatic carbocycles. The molecule has 1 aliphatic rings. The Hall–Kier alpha value is -0.430. The predicted molar refractivity (Wildman–Crippen MR) is 93.6 cm³/mol. The minimum absolute atomic E-state index is 0.264. The molecule has 0 bridgehead atoms. The minimum Gasteiger partial charge on any atom is -0.326 e. The molecule has 0 saturated carbocycles. The molecular formula is C17H31N2P. The largest absolute Gasteiger partial charge is 0.326 e. The van der Waals surface area contributed by atoms with Crippen molar-refractivity contribution in [1.82, 2.24) is 4.67 Å². The number of nitrogens with zero attached hydrogens (tertiary/aromatic N) is 1. The van der Waals surface area contributed by atoms with Gasteiger partial charge in [0.15, 0.2) is 0 Å². The summed E-state index contributed by atoms with van der Waals surface area (Å²) in [6, 6.07) is 0.679. The van der Waals surface area contributed by atoms with Gasteiger partial charge in [0.2, 0.25) is 0 Å². The lowest BCUT2D eigenvalue weighted by atomic mass is 9.93. The third-order valence-electron chi connectivity index (χ3n) is 3.94. The smallest absolute Gasteiger partial charge is 0.0321 e. The Labute approximate surface area is 127 Å². The molecule has 0 radical (unpaired) electrons. The third-order valence-corrected chi connectivity index (χ3v) is 4.58. The maximum absolute atomic E-state index is 6.41. The van der Waals surface area contributed by atoms with E-state index in [4.69, 9.17) is 5.73 Å². The first kappa shape index (κ1) is 17.6. The van der Waals surface area contributed by atoms with Gasteiger partial charge >= 0.3 is 0 Å². The monoisotopic (exact) mass is 294 g/mol. The molecule has 0 amide bonds. The summed E-state index contributed by atoms with van der Waals surface area (Å²) in [6.07, 6.45) is 16.8. The first-order valence-electron chi connectivity index (χ1n) is 7.94. The van der Waals surface area contributed by atoms with E-state index in [1.54, 1.807) is 0 Å². The summed E-state index contributed by atoms with van der Waals surface area (Å²) in [5, 5.41) is 0. The molecular weight excluding hydrogens is 263 g/mol. The zero-order chi connectivity index (χ0) is 14.8. The van der Waals surface area contributed by atoms with Gasteiger partial charge in [0.25, 0.3) is 0 Å². The molecule has 0 aromatic carbocycles. The van der Waals surface area contributed by atoms with E-state index in [2.05, 4.69) is 45.8 Å². The molecule has 0 spiro atoms. The van der Waals surface area contributed by atoms with E-state index in [9.17, 15) is 0 Å². The van der Waals surface area contributed by atoms with Gasteiger partial charge in [-0.25, -0.2) is 0 Å². The maximum Gasteiger partial charge on any atom is 0.0321 e. The molecule has 1 heterocycles. The van der Waals surface area contributed by atoms with Crippen molar-refractivity contribution >= 4 is 9.39 Å². The van der Waals surface area contributed by atoms with Crippen LogP contribution in [0, 0.1) is 0 Å². The summed E-state index contributed by atoms with van der Waals surface area (Å²) < 4.78 is 2.37. The van der Waals surface area contributed by atoms with Gasteiger partial charge in [-0.15, -0.1) is 0 Å². The van der Waals surface area contributed by atoms with Crippen molar-refractivity contribution < 1.29 is 0 Å². The fourth-order valence-corrected chi connectivity index (χ4v) is 3.22. The molecule has 2 N–H and O–H groups in total. The lowest BCUT2D eigenvalue weighted by Crippen LogP contribution is -2.45. The second-order valence-corrected chi connectivity index (χ2v) is 6.35. The fraction of sp³-hybridized carbons (Fsp3) is 0.647. The third kappa shape index (κ3) is 6.35. The molecule has 0 aromatic rings. The topological polar surface area (TPSA) is 29.3 Å². The van der Waals surface area contributed by atoms with E-state index in [0.717, 1.165) is 25.8 Å². The van der Waals surface area contributed by atoms with Crippen molar-refractivity contribution in [2.24, 2.45) is 5.73 Å². The van der Waals surface area contributed by atoms with Crippen LogP contribution in [0.3, 0.4) is 0 Å². The zero-order valence-corrected chi connectivity index (χ0v) is 14.1. The van der Waals surface area contributed by atoms with Gasteiger partial charge in [-0.1, -0.05) is 66.5 Å². The summed E-state index contributed by atoms with van der Waals surface area (Å²) >= 11 is 0. The molecule has 0 aromatic heterocycles. The maximum atomic E-state index is 6.41. The highest BCUT2D eigenvalue weighted by Crippen LogP contribution is 2.24. The predicted octanol–water partition coefficient (Wildman–Crippen LogP) is 4.21. The summed E-state index contributed by atoms with van der Waals surface area (Å²) in [4.78, 5) is 0. The SMILES string of the molecule is C=C/C=C(\C=C/CCC)C[C@H]1[C@@H](N)CCCCCN1P. The molecule has 1 aliphatic heterocycles. The van der Waals surface area contributed by atoms with Crippen LogP contribution >= 0.6 is 9.39 Å². The number of rotatable bonds is 6. The summed E-state index contributed by atoms with van der Waals surface area (Å²) in [5.74, 6) is 0. The minimum atomic E-state index is 0.264. The van der Waals surface area contributed by atoms with Crippen molar-refractivity contribution in [2.45, 2.75) is 64.0 Å². The number of nitrogens with two attached hydrogens (primary N) is 1. The van der Waals surface area contributed by atoms with Crippen LogP contribution in [0.1, 0.15) is 51.9 Å². The van der Waals surface area contributed by atoms with Gasteiger partial charge in [-0.2, -0.15) is 0 Å². The highest BCUT2D eigenvalue weighted by molar-refractivity contribution is 7.13. The molecule has 1 saturated heterocycles. The lowest BCUT2D eigenvalue weighted by molar-refractivity contribution is 0.264. The molecule has 3 heteroatoms. The molecule has 20 heavy (non-hydrogen) atoms. The van der Waals surface area contributed by atoms with E-state index < -0.39 is 0 Å². The van der Waals surface area contributed by atoms with Gasteiger partial charge in [0.05, 0.1) is 0 Å². The van der Waals surface area contributed by atoms with Gasteiger partial charge in [0, 0.05) is 18.6 Å². The van der Waals surface area contributed by atoms with Crippen LogP contribution in [0.4, 0.5) is 0 Å². The van der Waals surface area contributed by atoms with Gasteiger partial charge < -0.3 is 5.73 Å². The summed E-state index contributed by atoms with van der Waals surface area (Å²) in [7, 11) is 2.89. The normalized spacial score (nSPS) is 26.4. The number of hydrogen-bond donors (Lipinski definition) is 1. The van der Waals surface area contributed by atoms with E-state index in [1.165, 1.54) is 31.3 Å². The fourth-order valence-electron chi connectivity index (χ4n) is 2.71. The van der Waals surface area contributed by atoms with Gasteiger partial charge in [-0.3, -0.25) is 4.67 Å². The standard InChI is InChI=1S/C17H31N2P/c1-3-5-7-11-15(10-4-2)14-17-16(18)12-8-6-9-13-19(17)20/h4,7,10-11,16-17H,2-3,5-6,8-9,12-14,18,20H2,1H3/b11-7-,15-10+/t16-,17-/m0/s1. The van der Waals surface area contributed by atoms with Crippen LogP contribution in [0.2, 0.25) is 0 Å². The first-order chi connectivity index (χ1) is 9.69. The number of unbranched alkanes of at least 4 members (excludes halogenated alkanes) is 1. The second kappa shape index (κ2) is 10.3. The number of allylic oxidation sites excluding steroid dienone is 4. The van der Waals surface area contributed by atoms with E-state index in [-0.39, 0.29) is 6.04 Å². The molecule has 3 atom stereocenters. The van der Waals surface area contributed by atoms with Gasteiger partial charge in [0.1, 0.15) is 0 Å². The Morgan fingerprint density at radius 3 is 2.90 bits per heavy atom. The van der Waals surface area contributed by atoms with E-state index in [1.807, 2.05) is 6.08 Å². The van der Waals surface area contributed by atoms with Crippen LogP contribution in [0.15, 0.2) is 36.5 Å². The Bertz CT molecular complexity index is 324. The molecule has 1 fully saturated rings. The van der Waals surface area contributed by atoms with E-state index >= 15 is 0 Å². The highest BCUT2D eigenvalue weighted by Gasteiger charge is 2.24. The van der Waals surface area contributed by atoms with Crippen molar-refractivity contribution in [1.29, 1.82) is 0 Å². The van der Waals surface area contributed by atoms with Crippen LogP contribution in [0.25, 0.3) is 0 Å². The molecule has 2 nitrogen and oxygen atoms in total. The number of hydrogen-bond acceptors (Lipinski definition) is 2. The average Bonchev–Trinajstić information content (AvgIpc) is 2.42. The van der Waals surface area contributed by atoms with Gasteiger partial charge in [-0.05, 0) is 31.3 Å². The van der Waals surface area contributed by atoms with Crippen molar-refractivity contribution in [2.75, 3.05) is 6.54 Å². The van der Waals surface area contributed by atoms with Crippen LogP contribution < -0.4 is 5.73 Å². The summed E-state index contributed by atoms with van der Waals surface area (Å²) in [6.45, 7) is 7.17. The van der Waals surface area contributed by atoms with Crippen LogP contribution in [-0.4, -0.2) is 23.3 Å². The average molecular weight is 294 g/mol.